The molecule has 1 fully saturated rings. The van der Waals surface area contributed by atoms with Crippen LogP contribution in [0.1, 0.15) is 13.8 Å². The van der Waals surface area contributed by atoms with Crippen molar-refractivity contribution in [3.05, 3.63) is 0 Å². The van der Waals surface area contributed by atoms with E-state index in [9.17, 15) is 0 Å². The molecule has 0 radical (unpaired) electrons. The molecule has 0 aromatic heterocycles. The van der Waals surface area contributed by atoms with Gasteiger partial charge in [0, 0.05) is 18.8 Å². The van der Waals surface area contributed by atoms with Gasteiger partial charge in [0.15, 0.2) is 0 Å². The molecular formula is C11H24N2OS. The summed E-state index contributed by atoms with van der Waals surface area (Å²) in [5.74, 6) is 2.89. The van der Waals surface area contributed by atoms with Gasteiger partial charge in [-0.05, 0) is 24.8 Å². The molecule has 1 rings (SSSR count). The lowest BCUT2D eigenvalue weighted by atomic mass is 10.2. The molecule has 15 heavy (non-hydrogen) atoms. The van der Waals surface area contributed by atoms with Gasteiger partial charge in [0.1, 0.15) is 0 Å². The Morgan fingerprint density at radius 2 is 2.40 bits per heavy atom. The summed E-state index contributed by atoms with van der Waals surface area (Å²) in [5.41, 5.74) is 5.58. The molecule has 2 unspecified atom stereocenters. The predicted molar refractivity (Wildman–Crippen MR) is 67.4 cm³/mol. The first kappa shape index (κ1) is 13.3. The van der Waals surface area contributed by atoms with Crippen LogP contribution in [0.5, 0.6) is 0 Å². The van der Waals surface area contributed by atoms with Crippen LogP contribution in [0.2, 0.25) is 0 Å². The van der Waals surface area contributed by atoms with Gasteiger partial charge in [-0.2, -0.15) is 11.8 Å². The molecule has 2 atom stereocenters. The topological polar surface area (TPSA) is 38.5 Å². The summed E-state index contributed by atoms with van der Waals surface area (Å²) >= 11 is 1.97. The van der Waals surface area contributed by atoms with Crippen LogP contribution in [0.25, 0.3) is 0 Å². The van der Waals surface area contributed by atoms with Crippen LogP contribution >= 0.6 is 11.8 Å². The van der Waals surface area contributed by atoms with Crippen molar-refractivity contribution in [2.45, 2.75) is 20.0 Å². The molecule has 0 bridgehead atoms. The number of rotatable bonds is 6. The van der Waals surface area contributed by atoms with Gasteiger partial charge in [0.2, 0.25) is 0 Å². The lowest BCUT2D eigenvalue weighted by Crippen LogP contribution is -2.43. The first-order valence-electron chi connectivity index (χ1n) is 5.88. The van der Waals surface area contributed by atoms with Crippen LogP contribution in [0.15, 0.2) is 0 Å². The van der Waals surface area contributed by atoms with E-state index in [2.05, 4.69) is 18.7 Å². The molecule has 1 saturated heterocycles. The Morgan fingerprint density at radius 3 is 3.07 bits per heavy atom. The summed E-state index contributed by atoms with van der Waals surface area (Å²) in [4.78, 5) is 2.46. The van der Waals surface area contributed by atoms with E-state index >= 15 is 0 Å². The van der Waals surface area contributed by atoms with Gasteiger partial charge in [0.05, 0.1) is 12.7 Å². The number of hydrogen-bond donors (Lipinski definition) is 1. The van der Waals surface area contributed by atoms with E-state index < -0.39 is 0 Å². The average molecular weight is 232 g/mol. The predicted octanol–water partition coefficient (Wildman–Crippen LogP) is 1.04. The average Bonchev–Trinajstić information content (AvgIpc) is 2.29. The summed E-state index contributed by atoms with van der Waals surface area (Å²) < 4.78 is 5.73. The van der Waals surface area contributed by atoms with Crippen LogP contribution in [0.4, 0.5) is 0 Å². The Bertz CT molecular complexity index is 169. The molecule has 0 spiro atoms. The fourth-order valence-electron chi connectivity index (χ4n) is 1.64. The van der Waals surface area contributed by atoms with Crippen molar-refractivity contribution in [1.29, 1.82) is 0 Å². The van der Waals surface area contributed by atoms with Crippen molar-refractivity contribution in [1.82, 2.24) is 4.90 Å². The molecule has 1 aliphatic heterocycles. The Morgan fingerprint density at radius 1 is 1.60 bits per heavy atom. The number of nitrogens with two attached hydrogens (primary N) is 1. The van der Waals surface area contributed by atoms with Gasteiger partial charge >= 0.3 is 0 Å². The zero-order valence-corrected chi connectivity index (χ0v) is 10.8. The summed E-state index contributed by atoms with van der Waals surface area (Å²) in [7, 11) is 0. The maximum atomic E-state index is 5.73. The third-order valence-corrected chi connectivity index (χ3v) is 4.19. The molecule has 0 aromatic carbocycles. The summed E-state index contributed by atoms with van der Waals surface area (Å²) in [6.45, 7) is 9.44. The number of morpholine rings is 1. The van der Waals surface area contributed by atoms with Crippen molar-refractivity contribution in [2.75, 3.05) is 44.3 Å². The van der Waals surface area contributed by atoms with Gasteiger partial charge < -0.3 is 10.5 Å². The van der Waals surface area contributed by atoms with Crippen molar-refractivity contribution in [3.63, 3.8) is 0 Å². The van der Waals surface area contributed by atoms with E-state index in [0.29, 0.717) is 12.0 Å². The highest BCUT2D eigenvalue weighted by atomic mass is 32.2. The highest BCUT2D eigenvalue weighted by Gasteiger charge is 2.18. The van der Waals surface area contributed by atoms with Crippen molar-refractivity contribution in [2.24, 2.45) is 11.7 Å². The minimum Gasteiger partial charge on any atom is -0.375 e. The highest BCUT2D eigenvalue weighted by Crippen LogP contribution is 2.13. The maximum absolute atomic E-state index is 5.73. The van der Waals surface area contributed by atoms with Crippen LogP contribution < -0.4 is 5.73 Å². The Kier molecular flexibility index (Phi) is 6.64. The highest BCUT2D eigenvalue weighted by molar-refractivity contribution is 7.99. The van der Waals surface area contributed by atoms with E-state index in [4.69, 9.17) is 10.5 Å². The number of nitrogens with zero attached hydrogens (tertiary/aromatic N) is 1. The Hall–Kier alpha value is 0.230. The van der Waals surface area contributed by atoms with Gasteiger partial charge in [-0.3, -0.25) is 4.90 Å². The normalized spacial score (nSPS) is 25.4. The molecule has 0 aromatic rings. The molecule has 0 amide bonds. The quantitative estimate of drug-likeness (QED) is 0.742. The number of likely N-dealkylation sites (N-methyl/N-ethyl adjacent to an activating group) is 1. The summed E-state index contributed by atoms with van der Waals surface area (Å²) in [6, 6.07) is 0. The third kappa shape index (κ3) is 5.20. The lowest BCUT2D eigenvalue weighted by molar-refractivity contribution is -0.0137. The van der Waals surface area contributed by atoms with Crippen molar-refractivity contribution >= 4 is 11.8 Å². The third-order valence-electron chi connectivity index (χ3n) is 2.78. The largest absolute Gasteiger partial charge is 0.375 e. The van der Waals surface area contributed by atoms with Gasteiger partial charge in [0.25, 0.3) is 0 Å². The molecule has 2 N–H and O–H groups in total. The lowest BCUT2D eigenvalue weighted by Gasteiger charge is -2.32. The minimum absolute atomic E-state index is 0.425. The monoisotopic (exact) mass is 232 g/mol. The second-order valence-corrected chi connectivity index (χ2v) is 5.34. The van der Waals surface area contributed by atoms with E-state index in [1.807, 2.05) is 11.8 Å². The SMILES string of the molecule is CCN1CCOC(CSCC(C)CN)C1. The van der Waals surface area contributed by atoms with E-state index in [1.165, 1.54) is 0 Å². The van der Waals surface area contributed by atoms with Gasteiger partial charge in [-0.1, -0.05) is 13.8 Å². The molecule has 3 nitrogen and oxygen atoms in total. The second-order valence-electron chi connectivity index (χ2n) is 4.26. The molecule has 4 heteroatoms. The maximum Gasteiger partial charge on any atom is 0.0792 e. The zero-order valence-electron chi connectivity index (χ0n) is 9.95. The summed E-state index contributed by atoms with van der Waals surface area (Å²) in [6.07, 6.45) is 0.425. The number of ether oxygens (including phenoxy) is 1. The summed E-state index contributed by atoms with van der Waals surface area (Å²) in [5, 5.41) is 0. The van der Waals surface area contributed by atoms with Gasteiger partial charge in [-0.15, -0.1) is 0 Å². The van der Waals surface area contributed by atoms with Crippen LogP contribution in [0.3, 0.4) is 0 Å². The Balaban J connectivity index is 2.10. The van der Waals surface area contributed by atoms with Crippen LogP contribution in [-0.2, 0) is 4.74 Å². The molecule has 0 aliphatic carbocycles. The smallest absolute Gasteiger partial charge is 0.0792 e. The fourth-order valence-corrected chi connectivity index (χ4v) is 2.78. The van der Waals surface area contributed by atoms with Crippen LogP contribution in [-0.4, -0.2) is 55.3 Å². The standard InChI is InChI=1S/C11H24N2OS/c1-3-13-4-5-14-11(7-13)9-15-8-10(2)6-12/h10-11H,3-9,12H2,1-2H3. The van der Waals surface area contributed by atoms with Gasteiger partial charge in [-0.25, -0.2) is 0 Å². The van der Waals surface area contributed by atoms with E-state index in [0.717, 1.165) is 44.3 Å². The molecule has 0 saturated carbocycles. The first-order chi connectivity index (χ1) is 7.26. The molecule has 1 heterocycles. The second kappa shape index (κ2) is 7.49. The molecule has 90 valence electrons. The molecule has 1 aliphatic rings. The van der Waals surface area contributed by atoms with Crippen molar-refractivity contribution in [3.8, 4) is 0 Å². The number of hydrogen-bond acceptors (Lipinski definition) is 4. The van der Waals surface area contributed by atoms with E-state index in [1.54, 1.807) is 0 Å². The molecular weight excluding hydrogens is 208 g/mol. The van der Waals surface area contributed by atoms with Crippen molar-refractivity contribution < 1.29 is 4.74 Å². The van der Waals surface area contributed by atoms with Crippen LogP contribution in [0, 0.1) is 5.92 Å². The number of thioether (sulfide) groups is 1. The Labute approximate surface area is 97.7 Å². The fraction of sp³-hybridized carbons (Fsp3) is 1.00. The minimum atomic E-state index is 0.425. The first-order valence-corrected chi connectivity index (χ1v) is 7.03. The zero-order chi connectivity index (χ0) is 11.1. The van der Waals surface area contributed by atoms with E-state index in [-0.39, 0.29) is 0 Å².